The van der Waals surface area contributed by atoms with E-state index in [2.05, 4.69) is 20.2 Å². The number of nitrogens with two attached hydrogens (primary N) is 2. The molecule has 1 heterocycles. The second-order valence-electron chi connectivity index (χ2n) is 5.68. The summed E-state index contributed by atoms with van der Waals surface area (Å²) in [4.78, 5) is 7.96. The van der Waals surface area contributed by atoms with Crippen LogP contribution >= 0.6 is 23.4 Å². The predicted octanol–water partition coefficient (Wildman–Crippen LogP) is 2.91. The lowest BCUT2D eigenvalue weighted by Crippen LogP contribution is -2.22. The Hall–Kier alpha value is -2.51. The largest absolute Gasteiger partial charge is 0.369 e. The van der Waals surface area contributed by atoms with Gasteiger partial charge in [0.2, 0.25) is 5.96 Å². The lowest BCUT2D eigenvalue weighted by Gasteiger charge is -2.07. The Morgan fingerprint density at radius 1 is 1.24 bits per heavy atom. The Morgan fingerprint density at radius 3 is 2.88 bits per heavy atom. The topological polar surface area (TPSA) is 105 Å². The van der Waals surface area contributed by atoms with Gasteiger partial charge in [0.25, 0.3) is 0 Å². The van der Waals surface area contributed by atoms with Crippen LogP contribution in [-0.4, -0.2) is 26.9 Å². The van der Waals surface area contributed by atoms with Crippen molar-refractivity contribution < 1.29 is 0 Å². The van der Waals surface area contributed by atoms with E-state index in [0.29, 0.717) is 5.02 Å². The Bertz CT molecular complexity index is 972. The first-order valence-corrected chi connectivity index (χ1v) is 8.92. The molecule has 1 atom stereocenters. The lowest BCUT2D eigenvalue weighted by molar-refractivity contribution is 1.04. The minimum Gasteiger partial charge on any atom is -0.369 e. The van der Waals surface area contributed by atoms with Crippen molar-refractivity contribution in [3.63, 3.8) is 0 Å². The summed E-state index contributed by atoms with van der Waals surface area (Å²) in [5.74, 6) is -0.0672. The van der Waals surface area contributed by atoms with Gasteiger partial charge in [-0.2, -0.15) is 5.10 Å². The highest BCUT2D eigenvalue weighted by Gasteiger charge is 2.30. The number of halogens is 1. The molecule has 126 valence electrons. The van der Waals surface area contributed by atoms with Gasteiger partial charge in [-0.15, -0.1) is 5.10 Å². The molecule has 0 spiro atoms. The van der Waals surface area contributed by atoms with E-state index in [0.717, 1.165) is 39.4 Å². The number of nitrogens with one attached hydrogen (secondary N) is 1. The minimum absolute atomic E-state index is 0.0529. The molecule has 0 fully saturated rings. The maximum absolute atomic E-state index is 6.13. The molecule has 0 saturated heterocycles. The molecule has 2 aromatic carbocycles. The van der Waals surface area contributed by atoms with Gasteiger partial charge in [-0.3, -0.25) is 0 Å². The highest BCUT2D eigenvalue weighted by Crippen LogP contribution is 2.35. The van der Waals surface area contributed by atoms with Gasteiger partial charge in [-0.25, -0.2) is 4.98 Å². The van der Waals surface area contributed by atoms with Gasteiger partial charge in [-0.05, 0) is 36.2 Å². The summed E-state index contributed by atoms with van der Waals surface area (Å²) in [7, 11) is 0. The van der Waals surface area contributed by atoms with E-state index in [9.17, 15) is 0 Å². The van der Waals surface area contributed by atoms with E-state index in [1.54, 1.807) is 11.8 Å². The number of benzene rings is 2. The lowest BCUT2D eigenvalue weighted by atomic mass is 10.1. The summed E-state index contributed by atoms with van der Waals surface area (Å²) >= 11 is 7.73. The molecule has 0 amide bonds. The zero-order chi connectivity index (χ0) is 17.4. The molecule has 1 unspecified atom stereocenters. The van der Waals surface area contributed by atoms with Crippen LogP contribution < -0.4 is 11.5 Å². The van der Waals surface area contributed by atoms with Crippen LogP contribution in [0, 0.1) is 0 Å². The van der Waals surface area contributed by atoms with E-state index in [1.165, 1.54) is 0 Å². The summed E-state index contributed by atoms with van der Waals surface area (Å²) in [5, 5.41) is 9.71. The number of nitrogens with zero attached hydrogens (tertiary/aromatic N) is 3. The number of rotatable bonds is 3. The molecule has 0 saturated carbocycles. The zero-order valence-corrected chi connectivity index (χ0v) is 14.7. The first-order chi connectivity index (χ1) is 12.1. The first kappa shape index (κ1) is 16.0. The molecular weight excluding hydrogens is 356 g/mol. The molecular formula is C17H15ClN6S. The highest BCUT2D eigenvalue weighted by atomic mass is 35.5. The van der Waals surface area contributed by atoms with Gasteiger partial charge in [0.1, 0.15) is 0 Å². The fraction of sp³-hybridized carbons (Fsp3) is 0.118. The van der Waals surface area contributed by atoms with Gasteiger partial charge in [0.05, 0.1) is 22.0 Å². The van der Waals surface area contributed by atoms with Crippen molar-refractivity contribution in [1.29, 1.82) is 0 Å². The van der Waals surface area contributed by atoms with Crippen molar-refractivity contribution in [3.8, 4) is 0 Å². The standard InChI is InChI=1S/C17H15ClN6S/c18-10-5-6-11-9(7-10)8-14(15(11)23-24-16(19)20)25-17-21-12-3-1-2-4-13(12)22-17/h1-7,14H,8H2,(H,21,22)(H4,19,20,24)/b23-15+. The molecule has 5 N–H and O–H groups in total. The van der Waals surface area contributed by atoms with Crippen LogP contribution in [0.15, 0.2) is 57.8 Å². The van der Waals surface area contributed by atoms with Crippen LogP contribution in [0.5, 0.6) is 0 Å². The van der Waals surface area contributed by atoms with Crippen LogP contribution in [0.4, 0.5) is 0 Å². The smallest absolute Gasteiger partial charge is 0.211 e. The third kappa shape index (κ3) is 3.20. The molecule has 25 heavy (non-hydrogen) atoms. The first-order valence-electron chi connectivity index (χ1n) is 7.67. The van der Waals surface area contributed by atoms with Crippen LogP contribution in [0.25, 0.3) is 11.0 Å². The molecule has 1 aliphatic rings. The molecule has 3 aromatic rings. The number of para-hydroxylation sites is 2. The number of aromatic amines is 1. The third-order valence-electron chi connectivity index (χ3n) is 3.95. The number of hydrogen-bond acceptors (Lipinski definition) is 4. The van der Waals surface area contributed by atoms with Crippen molar-refractivity contribution in [3.05, 3.63) is 58.6 Å². The average molecular weight is 371 g/mol. The number of thioether (sulfide) groups is 1. The van der Waals surface area contributed by atoms with Crippen LogP contribution in [0.2, 0.25) is 5.02 Å². The Balaban J connectivity index is 1.70. The van der Waals surface area contributed by atoms with Crippen molar-refractivity contribution >= 4 is 46.1 Å². The van der Waals surface area contributed by atoms with E-state index < -0.39 is 0 Å². The summed E-state index contributed by atoms with van der Waals surface area (Å²) in [5.41, 5.74) is 15.8. The van der Waals surface area contributed by atoms with Crippen molar-refractivity contribution in [2.75, 3.05) is 0 Å². The molecule has 4 rings (SSSR count). The maximum Gasteiger partial charge on any atom is 0.211 e. The number of hydrogen-bond donors (Lipinski definition) is 3. The molecule has 8 heteroatoms. The fourth-order valence-electron chi connectivity index (χ4n) is 2.90. The second kappa shape index (κ2) is 6.42. The summed E-state index contributed by atoms with van der Waals surface area (Å²) in [6, 6.07) is 13.7. The predicted molar refractivity (Wildman–Crippen MR) is 103 cm³/mol. The maximum atomic E-state index is 6.13. The van der Waals surface area contributed by atoms with E-state index in [-0.39, 0.29) is 11.2 Å². The van der Waals surface area contributed by atoms with Gasteiger partial charge in [0.15, 0.2) is 5.16 Å². The minimum atomic E-state index is -0.0672. The van der Waals surface area contributed by atoms with E-state index >= 15 is 0 Å². The van der Waals surface area contributed by atoms with Gasteiger partial charge < -0.3 is 16.5 Å². The Kier molecular flexibility index (Phi) is 4.10. The van der Waals surface area contributed by atoms with Crippen molar-refractivity contribution in [2.24, 2.45) is 21.7 Å². The molecule has 6 nitrogen and oxygen atoms in total. The molecule has 0 radical (unpaired) electrons. The second-order valence-corrected chi connectivity index (χ2v) is 7.31. The number of aromatic nitrogens is 2. The molecule has 0 aliphatic heterocycles. The van der Waals surface area contributed by atoms with Crippen LogP contribution in [0.1, 0.15) is 11.1 Å². The molecule has 1 aromatic heterocycles. The highest BCUT2D eigenvalue weighted by molar-refractivity contribution is 8.00. The van der Waals surface area contributed by atoms with E-state index in [4.69, 9.17) is 23.1 Å². The van der Waals surface area contributed by atoms with Crippen molar-refractivity contribution in [2.45, 2.75) is 16.8 Å². The van der Waals surface area contributed by atoms with Crippen LogP contribution in [0.3, 0.4) is 0 Å². The summed E-state index contributed by atoms with van der Waals surface area (Å²) < 4.78 is 0. The van der Waals surface area contributed by atoms with Gasteiger partial charge in [-0.1, -0.05) is 41.6 Å². The third-order valence-corrected chi connectivity index (χ3v) is 5.27. The Labute approximate surface area is 153 Å². The zero-order valence-electron chi connectivity index (χ0n) is 13.1. The summed E-state index contributed by atoms with van der Waals surface area (Å²) in [6.45, 7) is 0. The Morgan fingerprint density at radius 2 is 2.08 bits per heavy atom. The fourth-order valence-corrected chi connectivity index (χ4v) is 4.23. The van der Waals surface area contributed by atoms with E-state index in [1.807, 2.05) is 42.5 Å². The number of imidazole rings is 1. The number of fused-ring (bicyclic) bond motifs is 2. The average Bonchev–Trinajstić information content (AvgIpc) is 3.12. The van der Waals surface area contributed by atoms with Crippen LogP contribution in [-0.2, 0) is 6.42 Å². The SMILES string of the molecule is NC(N)=N/N=C1\c2ccc(Cl)cc2CC1Sc1nc2ccccc2[nH]1. The molecule has 1 aliphatic carbocycles. The van der Waals surface area contributed by atoms with Crippen molar-refractivity contribution in [1.82, 2.24) is 9.97 Å². The quantitative estimate of drug-likeness (QED) is 0.374. The van der Waals surface area contributed by atoms with Gasteiger partial charge >= 0.3 is 0 Å². The van der Waals surface area contributed by atoms with Gasteiger partial charge in [0, 0.05) is 10.6 Å². The molecule has 0 bridgehead atoms. The summed E-state index contributed by atoms with van der Waals surface area (Å²) in [6.07, 6.45) is 0.788. The number of H-pyrrole nitrogens is 1. The number of guanidine groups is 1. The monoisotopic (exact) mass is 370 g/mol. The normalized spacial score (nSPS) is 17.8.